The second-order valence-corrected chi connectivity index (χ2v) is 32.2. The van der Waals surface area contributed by atoms with Crippen molar-refractivity contribution in [3.05, 3.63) is 0 Å². The molecule has 129 heavy (non-hydrogen) atoms. The molecule has 0 heterocycles. The smallest absolute Gasteiger partial charge is 0.243 e. The maximum atomic E-state index is 15.1. The molecule has 51 heteroatoms. The third-order valence-electron chi connectivity index (χ3n) is 20.1. The van der Waals surface area contributed by atoms with Crippen LogP contribution in [0.1, 0.15) is 209 Å². The molecule has 51 nitrogen and oxygen atoms in total. The largest absolute Gasteiger partial charge is 0.370 e. The monoisotopic (exact) mass is 1830 g/mol. The van der Waals surface area contributed by atoms with Gasteiger partial charge in [-0.3, -0.25) is 110 Å². The summed E-state index contributed by atoms with van der Waals surface area (Å²) in [5.41, 5.74) is 50.2. The highest BCUT2D eigenvalue weighted by Gasteiger charge is 2.39. The van der Waals surface area contributed by atoms with Gasteiger partial charge in [-0.2, -0.15) is 0 Å². The molecule has 0 radical (unpaired) electrons. The zero-order chi connectivity index (χ0) is 97.8. The molecule has 13 atom stereocenters. The molecule has 0 fully saturated rings. The lowest BCUT2D eigenvalue weighted by atomic mass is 9.90. The molecule has 0 aromatic carbocycles. The summed E-state index contributed by atoms with van der Waals surface area (Å²) in [5.74, 6) is -18.6. The fourth-order valence-corrected chi connectivity index (χ4v) is 12.9. The van der Waals surface area contributed by atoms with Gasteiger partial charge in [0.05, 0.1) is 18.5 Å². The molecule has 0 aromatic heterocycles. The van der Waals surface area contributed by atoms with E-state index < -0.39 is 209 Å². The number of unbranched alkanes of at least 4 members (excludes halogenated alkanes) is 4. The Hall–Kier alpha value is -13.1. The lowest BCUT2D eigenvalue weighted by Crippen LogP contribution is -2.61. The van der Waals surface area contributed by atoms with Crippen LogP contribution in [0, 0.1) is 66.9 Å². The van der Waals surface area contributed by atoms with Crippen molar-refractivity contribution in [3.8, 4) is 0 Å². The van der Waals surface area contributed by atoms with Crippen molar-refractivity contribution >= 4 is 130 Å². The van der Waals surface area contributed by atoms with Gasteiger partial charge in [-0.05, 0) is 140 Å². The Morgan fingerprint density at radius 1 is 0.271 bits per heavy atom. The molecule has 0 spiro atoms. The van der Waals surface area contributed by atoms with E-state index in [0.717, 1.165) is 25.7 Å². The molecule has 0 saturated carbocycles. The number of amides is 13. The molecular formula is C78H151N37O14. The van der Waals surface area contributed by atoms with E-state index in [-0.39, 0.29) is 186 Å². The van der Waals surface area contributed by atoms with Crippen LogP contribution < -0.4 is 158 Å². The number of guanidine groups is 8. The third-order valence-corrected chi connectivity index (χ3v) is 20.1. The van der Waals surface area contributed by atoms with Crippen molar-refractivity contribution in [2.24, 2.45) is 75.3 Å². The molecule has 0 aliphatic carbocycles. The number of primary amides is 1. The zero-order valence-electron chi connectivity index (χ0n) is 75.9. The van der Waals surface area contributed by atoms with E-state index in [9.17, 15) is 47.9 Å². The molecule has 732 valence electrons. The van der Waals surface area contributed by atoms with Crippen LogP contribution in [0.4, 0.5) is 0 Å². The standard InChI is InChI=1S/C78H151N37O14/c1-9-11-12-13-14-31-55(116)104-41-56(117)105-45(8)61(120)114-57(43(5)6)69(128)115-58(44(7)10-2)70(129)113-54(40-42(3)4)68(127)112-53(30-22-39-103-78(94)95)67(126)111-52(29-21-38-102-77(92)93)66(125)110-51(28-20-37-101-76(90)91)65(124)109-50(27-19-36-100-75(88)89)64(123)108-49(26-18-35-99-74(86)87)63(122)107-48(25-17-34-98-73(84)85)62(121)106-47(24-16-33-97-72(82)83)59(118)46(60(79)119)23-15-32-96-71(80)81/h42-54,57-58H,9-41H2,1-8H3,(H2,79,119)(H,104,116)(H,105,117)(H,106,121)(H,107,122)(H,108,123)(H,109,124)(H,110,125)(H,111,126)(H,112,127)(H,113,129)(H,114,120)(H,115,128)(H4,80,81,96)(H4,82,83,97)(H4,84,85,98)(H4,86,87,99)(H4,88,89,100)(H4,90,91,101)(H4,92,93,102)(H4,94,95,103)/t44-,45-,46-,47-,48-,49-,50-,51-,52-,53-,54-,57-,58-/m0/s1. The number of rotatable bonds is 69. The predicted molar refractivity (Wildman–Crippen MR) is 488 cm³/mol. The van der Waals surface area contributed by atoms with Gasteiger partial charge in [-0.1, -0.05) is 80.6 Å². The molecule has 46 N–H and O–H groups in total. The van der Waals surface area contributed by atoms with Gasteiger partial charge in [-0.25, -0.2) is 0 Å². The summed E-state index contributed by atoms with van der Waals surface area (Å²) in [7, 11) is 0. The lowest BCUT2D eigenvalue weighted by molar-refractivity contribution is -0.137. The molecule has 0 aromatic rings. The fraction of sp³-hybridized carbons (Fsp3) is 0.718. The number of nitrogens with one attached hydrogen (secondary N) is 28. The summed E-state index contributed by atoms with van der Waals surface area (Å²) < 4.78 is 0. The van der Waals surface area contributed by atoms with E-state index in [2.05, 4.69) is 113 Å². The normalized spacial score (nSPS) is 13.9. The van der Waals surface area contributed by atoms with Crippen LogP contribution in [0.15, 0.2) is 0 Å². The van der Waals surface area contributed by atoms with Crippen LogP contribution in [0.5, 0.6) is 0 Å². The number of Topliss-reactive ketones (excluding diaryl/α,β-unsaturated/α-hetero) is 1. The van der Waals surface area contributed by atoms with E-state index >= 15 is 19.2 Å². The average molecular weight is 1830 g/mol. The van der Waals surface area contributed by atoms with E-state index in [1.54, 1.807) is 41.5 Å². The summed E-state index contributed by atoms with van der Waals surface area (Å²) >= 11 is 0. The van der Waals surface area contributed by atoms with Crippen molar-refractivity contribution in [2.45, 2.75) is 276 Å². The second kappa shape index (κ2) is 65.5. The van der Waals surface area contributed by atoms with Crippen molar-refractivity contribution in [1.29, 1.82) is 43.3 Å². The molecule has 0 bridgehead atoms. The molecule has 0 unspecified atom stereocenters. The number of nitrogens with two attached hydrogens (primary N) is 9. The molecule has 0 rings (SSSR count). The van der Waals surface area contributed by atoms with Crippen LogP contribution in [0.3, 0.4) is 0 Å². The van der Waals surface area contributed by atoms with Crippen molar-refractivity contribution in [1.82, 2.24) is 106 Å². The minimum atomic E-state index is -1.64. The summed E-state index contributed by atoms with van der Waals surface area (Å²) in [6.45, 7) is 13.2. The van der Waals surface area contributed by atoms with Gasteiger partial charge in [0.15, 0.2) is 53.5 Å². The number of hydrogen-bond acceptors (Lipinski definition) is 22. The Bertz CT molecular complexity index is 3690. The van der Waals surface area contributed by atoms with E-state index in [1.165, 1.54) is 6.92 Å². The van der Waals surface area contributed by atoms with Crippen molar-refractivity contribution in [2.75, 3.05) is 58.9 Å². The average Bonchev–Trinajstić information content (AvgIpc) is 0.852. The van der Waals surface area contributed by atoms with E-state index in [4.69, 9.17) is 94.9 Å². The maximum Gasteiger partial charge on any atom is 0.243 e. The molecule has 0 aliphatic heterocycles. The van der Waals surface area contributed by atoms with Crippen LogP contribution in [-0.2, 0) is 67.1 Å². The molecular weight excluding hydrogens is 1680 g/mol. The Labute approximate surface area is 754 Å². The Kier molecular flexibility index (Phi) is 58.9. The molecule has 13 amide bonds. The van der Waals surface area contributed by atoms with Crippen LogP contribution in [0.25, 0.3) is 0 Å². The number of ketones is 1. The Morgan fingerprint density at radius 3 is 0.829 bits per heavy atom. The highest BCUT2D eigenvalue weighted by molar-refractivity contribution is 6.05. The summed E-state index contributed by atoms with van der Waals surface area (Å²) in [5, 5.41) is 114. The van der Waals surface area contributed by atoms with Gasteiger partial charge in [0, 0.05) is 58.8 Å². The van der Waals surface area contributed by atoms with Crippen molar-refractivity contribution < 1.29 is 67.1 Å². The quantitative estimate of drug-likeness (QED) is 0.0116. The minimum Gasteiger partial charge on any atom is -0.370 e. The summed E-state index contributed by atoms with van der Waals surface area (Å²) in [6, 6.07) is -16.3. The predicted octanol–water partition coefficient (Wildman–Crippen LogP) is -7.66. The molecule has 0 aliphatic rings. The first-order valence-corrected chi connectivity index (χ1v) is 43.8. The second-order valence-electron chi connectivity index (χ2n) is 32.2. The van der Waals surface area contributed by atoms with Gasteiger partial charge in [0.1, 0.15) is 60.4 Å². The Morgan fingerprint density at radius 2 is 0.543 bits per heavy atom. The lowest BCUT2D eigenvalue weighted by Gasteiger charge is -2.31. The first-order valence-electron chi connectivity index (χ1n) is 43.8. The highest BCUT2D eigenvalue weighted by atomic mass is 16.2. The highest BCUT2D eigenvalue weighted by Crippen LogP contribution is 2.18. The zero-order valence-corrected chi connectivity index (χ0v) is 75.9. The maximum absolute atomic E-state index is 15.1. The summed E-state index contributed by atoms with van der Waals surface area (Å²) in [6.07, 6.45) is 3.49. The van der Waals surface area contributed by atoms with Crippen LogP contribution in [-0.4, -0.2) is 256 Å². The van der Waals surface area contributed by atoms with Gasteiger partial charge in [-0.15, -0.1) is 0 Å². The van der Waals surface area contributed by atoms with Gasteiger partial charge in [0.2, 0.25) is 76.8 Å². The number of carbonyl (C=O) groups is 14. The van der Waals surface area contributed by atoms with E-state index in [0.29, 0.717) is 12.8 Å². The Balaban J connectivity index is 7.94. The van der Waals surface area contributed by atoms with Crippen molar-refractivity contribution in [3.63, 3.8) is 0 Å². The molecule has 0 saturated heterocycles. The first-order chi connectivity index (χ1) is 60.7. The SMILES string of the molecule is CCCCCCCC(=O)NCC(=O)N[C@@H](C)C(=O)N[C@H](C(=O)N[C@H](C(=O)N[C@@H](CC(C)C)C(=O)N[C@@H](CCCNC(=N)N)C(=O)N[C@@H](CCCNC(=N)N)C(=O)N[C@@H](CCCNC(=N)N)C(=O)N[C@@H](CCCNC(=N)N)C(=O)N[C@@H](CCCNC(=N)N)C(=O)N[C@@H](CCCNC(=N)N)C(=O)N[C@@H](CCCNC(=N)N)C(=O)[C@H](CCCNC(=N)N)C(N)=O)[C@@H](C)CC)C(C)C. The number of hydrogen-bond donors (Lipinski definition) is 37. The fourth-order valence-electron chi connectivity index (χ4n) is 12.9. The number of carbonyl (C=O) groups excluding carboxylic acids is 14. The van der Waals surface area contributed by atoms with Gasteiger partial charge >= 0.3 is 0 Å². The van der Waals surface area contributed by atoms with Crippen LogP contribution in [0.2, 0.25) is 0 Å². The third kappa shape index (κ3) is 53.9. The topological polar surface area (TPSA) is 905 Å². The van der Waals surface area contributed by atoms with E-state index in [1.807, 2.05) is 0 Å². The van der Waals surface area contributed by atoms with Crippen LogP contribution >= 0.6 is 0 Å². The minimum absolute atomic E-state index is 0.00335. The van der Waals surface area contributed by atoms with Gasteiger partial charge < -0.3 is 158 Å². The first kappa shape index (κ1) is 116. The van der Waals surface area contributed by atoms with Gasteiger partial charge in [0.25, 0.3) is 0 Å². The summed E-state index contributed by atoms with van der Waals surface area (Å²) in [4.78, 5) is 200.